The second-order valence-corrected chi connectivity index (χ2v) is 6.61. The van der Waals surface area contributed by atoms with Crippen LogP contribution in [0.3, 0.4) is 0 Å². The molecule has 3 rings (SSSR count). The molecule has 4 nitrogen and oxygen atoms in total. The summed E-state index contributed by atoms with van der Waals surface area (Å²) < 4.78 is 19.1. The van der Waals surface area contributed by atoms with Crippen LogP contribution in [0.15, 0.2) is 24.3 Å². The first-order valence-electron chi connectivity index (χ1n) is 8.53. The van der Waals surface area contributed by atoms with Crippen LogP contribution in [0.1, 0.15) is 31.2 Å². The van der Waals surface area contributed by atoms with Crippen molar-refractivity contribution in [3.63, 3.8) is 0 Å². The monoisotopic (exact) mass is 320 g/mol. The molecule has 1 aromatic carbocycles. The second kappa shape index (κ2) is 7.41. The zero-order valence-corrected chi connectivity index (χ0v) is 13.4. The number of halogens is 1. The topological polar surface area (TPSA) is 50.4 Å². The summed E-state index contributed by atoms with van der Waals surface area (Å²) in [5, 5.41) is 6.44. The summed E-state index contributed by atoms with van der Waals surface area (Å²) >= 11 is 0. The molecular weight excluding hydrogens is 295 g/mol. The third kappa shape index (κ3) is 3.72. The van der Waals surface area contributed by atoms with Gasteiger partial charge in [-0.25, -0.2) is 4.39 Å². The van der Waals surface area contributed by atoms with Gasteiger partial charge >= 0.3 is 0 Å². The number of hydrogen-bond acceptors (Lipinski definition) is 3. The number of rotatable bonds is 5. The van der Waals surface area contributed by atoms with Gasteiger partial charge in [-0.1, -0.05) is 12.1 Å². The average molecular weight is 320 g/mol. The SMILES string of the molecule is O=C(NCCC1CCNC1)C1(c2cccc(F)c2)CCOCC1. The number of carbonyl (C=O) groups excluding carboxylic acids is 1. The molecule has 0 aromatic heterocycles. The van der Waals surface area contributed by atoms with E-state index in [-0.39, 0.29) is 11.7 Å². The third-order valence-corrected chi connectivity index (χ3v) is 5.16. The number of amides is 1. The van der Waals surface area contributed by atoms with E-state index in [0.29, 0.717) is 38.5 Å². The largest absolute Gasteiger partial charge is 0.381 e. The van der Waals surface area contributed by atoms with Gasteiger partial charge in [-0.05, 0) is 62.4 Å². The van der Waals surface area contributed by atoms with Crippen LogP contribution >= 0.6 is 0 Å². The summed E-state index contributed by atoms with van der Waals surface area (Å²) in [4.78, 5) is 12.9. The minimum Gasteiger partial charge on any atom is -0.381 e. The third-order valence-electron chi connectivity index (χ3n) is 5.16. The predicted octanol–water partition coefficient (Wildman–Crippen LogP) is 1.99. The average Bonchev–Trinajstić information content (AvgIpc) is 3.09. The van der Waals surface area contributed by atoms with Crippen LogP contribution in [-0.2, 0) is 14.9 Å². The van der Waals surface area contributed by atoms with Gasteiger partial charge in [0.1, 0.15) is 5.82 Å². The Morgan fingerprint density at radius 3 is 2.91 bits per heavy atom. The Morgan fingerprint density at radius 1 is 1.39 bits per heavy atom. The Kier molecular flexibility index (Phi) is 5.28. The molecule has 2 heterocycles. The van der Waals surface area contributed by atoms with Crippen LogP contribution in [0, 0.1) is 11.7 Å². The maximum absolute atomic E-state index is 13.6. The molecule has 5 heteroatoms. The molecule has 2 aliphatic rings. The molecule has 0 bridgehead atoms. The van der Waals surface area contributed by atoms with Crippen LogP contribution in [0.4, 0.5) is 4.39 Å². The molecule has 1 amide bonds. The summed E-state index contributed by atoms with van der Waals surface area (Å²) in [7, 11) is 0. The molecule has 0 radical (unpaired) electrons. The van der Waals surface area contributed by atoms with Crippen LogP contribution in [-0.4, -0.2) is 38.8 Å². The maximum Gasteiger partial charge on any atom is 0.230 e. The van der Waals surface area contributed by atoms with Crippen molar-refractivity contribution >= 4 is 5.91 Å². The number of hydrogen-bond donors (Lipinski definition) is 2. The number of ether oxygens (including phenoxy) is 1. The summed E-state index contributed by atoms with van der Waals surface area (Å²) in [5.41, 5.74) is 0.106. The van der Waals surface area contributed by atoms with E-state index >= 15 is 0 Å². The first-order valence-corrected chi connectivity index (χ1v) is 8.53. The van der Waals surface area contributed by atoms with E-state index in [1.165, 1.54) is 18.6 Å². The molecule has 2 N–H and O–H groups in total. The molecule has 2 saturated heterocycles. The van der Waals surface area contributed by atoms with Crippen LogP contribution in [0.25, 0.3) is 0 Å². The molecule has 1 atom stereocenters. The fourth-order valence-electron chi connectivity index (χ4n) is 3.67. The molecule has 2 aliphatic heterocycles. The maximum atomic E-state index is 13.6. The van der Waals surface area contributed by atoms with Crippen LogP contribution < -0.4 is 10.6 Å². The van der Waals surface area contributed by atoms with Crippen molar-refractivity contribution in [2.45, 2.75) is 31.1 Å². The fraction of sp³-hybridized carbons (Fsp3) is 0.611. The summed E-state index contributed by atoms with van der Waals surface area (Å²) in [5.74, 6) is 0.366. The van der Waals surface area contributed by atoms with Gasteiger partial charge in [0.15, 0.2) is 0 Å². The first-order chi connectivity index (χ1) is 11.2. The zero-order chi connectivity index (χ0) is 16.1. The molecule has 0 spiro atoms. The first kappa shape index (κ1) is 16.4. The van der Waals surface area contributed by atoms with Gasteiger partial charge in [0, 0.05) is 19.8 Å². The summed E-state index contributed by atoms with van der Waals surface area (Å²) in [6.07, 6.45) is 3.38. The van der Waals surface area contributed by atoms with E-state index in [2.05, 4.69) is 10.6 Å². The van der Waals surface area contributed by atoms with Crippen molar-refractivity contribution in [3.8, 4) is 0 Å². The molecule has 1 aromatic rings. The molecule has 23 heavy (non-hydrogen) atoms. The minimum absolute atomic E-state index is 0.0114. The predicted molar refractivity (Wildman–Crippen MR) is 86.7 cm³/mol. The summed E-state index contributed by atoms with van der Waals surface area (Å²) in [6.45, 7) is 3.87. The van der Waals surface area contributed by atoms with Gasteiger partial charge in [-0.15, -0.1) is 0 Å². The van der Waals surface area contributed by atoms with E-state index in [1.807, 2.05) is 6.07 Å². The van der Waals surface area contributed by atoms with Gasteiger partial charge in [-0.2, -0.15) is 0 Å². The summed E-state index contributed by atoms with van der Waals surface area (Å²) in [6, 6.07) is 6.45. The van der Waals surface area contributed by atoms with Gasteiger partial charge in [0.25, 0.3) is 0 Å². The van der Waals surface area contributed by atoms with Crippen molar-refractivity contribution in [3.05, 3.63) is 35.6 Å². The lowest BCUT2D eigenvalue weighted by Gasteiger charge is -2.36. The van der Waals surface area contributed by atoms with Crippen LogP contribution in [0.2, 0.25) is 0 Å². The van der Waals surface area contributed by atoms with Gasteiger partial charge in [-0.3, -0.25) is 4.79 Å². The van der Waals surface area contributed by atoms with Crippen molar-refractivity contribution in [2.24, 2.45) is 5.92 Å². The van der Waals surface area contributed by atoms with Crippen molar-refractivity contribution in [2.75, 3.05) is 32.8 Å². The highest BCUT2D eigenvalue weighted by molar-refractivity contribution is 5.88. The number of benzene rings is 1. The Labute approximate surface area is 136 Å². The van der Waals surface area contributed by atoms with Gasteiger partial charge in [0.2, 0.25) is 5.91 Å². The molecule has 2 fully saturated rings. The lowest BCUT2D eigenvalue weighted by atomic mass is 9.73. The van der Waals surface area contributed by atoms with E-state index < -0.39 is 5.41 Å². The highest BCUT2D eigenvalue weighted by Gasteiger charge is 2.41. The fourth-order valence-corrected chi connectivity index (χ4v) is 3.67. The minimum atomic E-state index is -0.658. The molecule has 0 aliphatic carbocycles. The lowest BCUT2D eigenvalue weighted by Crippen LogP contribution is -2.48. The number of carbonyl (C=O) groups is 1. The quantitative estimate of drug-likeness (QED) is 0.872. The Morgan fingerprint density at radius 2 is 2.22 bits per heavy atom. The highest BCUT2D eigenvalue weighted by atomic mass is 19.1. The van der Waals surface area contributed by atoms with Crippen LogP contribution in [0.5, 0.6) is 0 Å². The molecular formula is C18H25FN2O2. The molecule has 0 saturated carbocycles. The smallest absolute Gasteiger partial charge is 0.230 e. The standard InChI is InChI=1S/C18H25FN2O2/c19-16-3-1-2-15(12-16)18(6-10-23-11-7-18)17(22)21-9-5-14-4-8-20-13-14/h1-3,12,14,20H,4-11,13H2,(H,21,22). The van der Waals surface area contributed by atoms with Crippen molar-refractivity contribution in [1.29, 1.82) is 0 Å². The Hall–Kier alpha value is -1.46. The van der Waals surface area contributed by atoms with Crippen molar-refractivity contribution in [1.82, 2.24) is 10.6 Å². The molecule has 126 valence electrons. The van der Waals surface area contributed by atoms with Gasteiger partial charge < -0.3 is 15.4 Å². The second-order valence-electron chi connectivity index (χ2n) is 6.61. The molecule has 1 unspecified atom stereocenters. The lowest BCUT2D eigenvalue weighted by molar-refractivity contribution is -0.130. The van der Waals surface area contributed by atoms with E-state index in [1.54, 1.807) is 6.07 Å². The normalized spacial score (nSPS) is 23.6. The Bertz CT molecular complexity index is 538. The van der Waals surface area contributed by atoms with Gasteiger partial charge in [0.05, 0.1) is 5.41 Å². The zero-order valence-electron chi connectivity index (χ0n) is 13.4. The number of nitrogens with one attached hydrogen (secondary N) is 2. The Balaban J connectivity index is 1.68. The van der Waals surface area contributed by atoms with Crippen molar-refractivity contribution < 1.29 is 13.9 Å². The highest BCUT2D eigenvalue weighted by Crippen LogP contribution is 2.35. The van der Waals surface area contributed by atoms with E-state index in [9.17, 15) is 9.18 Å². The van der Waals surface area contributed by atoms with E-state index in [0.717, 1.165) is 25.1 Å². The van der Waals surface area contributed by atoms with E-state index in [4.69, 9.17) is 4.74 Å².